The fourth-order valence-electron chi connectivity index (χ4n) is 2.44. The molecule has 0 radical (unpaired) electrons. The second-order valence-corrected chi connectivity index (χ2v) is 9.46. The number of aliphatic imine (C=N–C) groups is 1. The molecule has 6 nitrogen and oxygen atoms in total. The van der Waals surface area contributed by atoms with E-state index in [0.717, 1.165) is 19.5 Å². The number of sulfone groups is 1. The molecular weight excluding hydrogens is 463 g/mol. The zero-order chi connectivity index (χ0) is 18.5. The topological polar surface area (TPSA) is 75.5 Å². The van der Waals surface area contributed by atoms with Crippen LogP contribution in [-0.4, -0.2) is 50.1 Å². The van der Waals surface area contributed by atoms with Crippen molar-refractivity contribution in [3.8, 4) is 0 Å². The summed E-state index contributed by atoms with van der Waals surface area (Å²) < 4.78 is 24.9. The molecule has 1 aromatic carbocycles. The first-order chi connectivity index (χ1) is 11.7. The number of halogens is 1. The van der Waals surface area contributed by atoms with E-state index in [4.69, 9.17) is 0 Å². The lowest BCUT2D eigenvalue weighted by Gasteiger charge is -2.24. The van der Waals surface area contributed by atoms with Crippen molar-refractivity contribution >= 4 is 50.7 Å². The number of aryl methyl sites for hydroxylation is 1. The van der Waals surface area contributed by atoms with Gasteiger partial charge in [0.1, 0.15) is 0 Å². The Morgan fingerprint density at radius 1 is 1.19 bits per heavy atom. The lowest BCUT2D eigenvalue weighted by Crippen LogP contribution is -2.47. The van der Waals surface area contributed by atoms with Crippen molar-refractivity contribution in [2.24, 2.45) is 4.99 Å². The van der Waals surface area contributed by atoms with Crippen LogP contribution in [0.1, 0.15) is 20.3 Å². The Bertz CT molecular complexity index is 844. The minimum Gasteiger partial charge on any atom is -0.356 e. The number of nitrogens with one attached hydrogen (secondary N) is 2. The number of hydrogen-bond acceptors (Lipinski definition) is 3. The summed E-state index contributed by atoms with van der Waals surface area (Å²) >= 11 is 0. The molecule has 0 bridgehead atoms. The molecule has 1 heterocycles. The van der Waals surface area contributed by atoms with E-state index in [0.29, 0.717) is 12.5 Å². The van der Waals surface area contributed by atoms with Crippen LogP contribution in [0.15, 0.2) is 41.5 Å². The van der Waals surface area contributed by atoms with E-state index in [9.17, 15) is 8.42 Å². The number of guanidine groups is 1. The Balaban J connectivity index is 0.00000338. The lowest BCUT2D eigenvalue weighted by atomic mass is 10.2. The van der Waals surface area contributed by atoms with E-state index in [1.54, 1.807) is 20.9 Å². The third-order valence-corrected chi connectivity index (χ3v) is 6.61. The first-order valence-corrected chi connectivity index (χ1v) is 10.3. The highest BCUT2D eigenvalue weighted by atomic mass is 127. The van der Waals surface area contributed by atoms with Crippen molar-refractivity contribution < 1.29 is 8.42 Å². The second kappa shape index (κ2) is 9.59. The van der Waals surface area contributed by atoms with Crippen LogP contribution in [0.4, 0.5) is 0 Å². The molecule has 0 fully saturated rings. The number of benzene rings is 1. The predicted molar refractivity (Wildman–Crippen MR) is 120 cm³/mol. The van der Waals surface area contributed by atoms with Gasteiger partial charge in [-0.3, -0.25) is 4.99 Å². The standard InChI is InChI=1S/C18H28N4O2S.HI/c1-18(2,25(4,23)24)14-21-17(19-3)20-11-7-12-22-13-10-15-8-5-6-9-16(15)22;/h5-6,8-10,13H,7,11-12,14H2,1-4H3,(H2,19,20,21);1H. The summed E-state index contributed by atoms with van der Waals surface area (Å²) in [4.78, 5) is 4.15. The molecule has 2 N–H and O–H groups in total. The van der Waals surface area contributed by atoms with Crippen LogP contribution in [0.5, 0.6) is 0 Å². The van der Waals surface area contributed by atoms with E-state index in [-0.39, 0.29) is 24.0 Å². The summed E-state index contributed by atoms with van der Waals surface area (Å²) in [7, 11) is -1.45. The van der Waals surface area contributed by atoms with Gasteiger partial charge in [-0.15, -0.1) is 24.0 Å². The van der Waals surface area contributed by atoms with Gasteiger partial charge in [0.05, 0.1) is 4.75 Å². The number of para-hydroxylation sites is 1. The molecule has 2 aromatic rings. The molecular formula is C18H29IN4O2S. The van der Waals surface area contributed by atoms with E-state index >= 15 is 0 Å². The van der Waals surface area contributed by atoms with Crippen LogP contribution in [0.25, 0.3) is 10.9 Å². The Kier molecular flexibility index (Phi) is 8.39. The van der Waals surface area contributed by atoms with Crippen molar-refractivity contribution in [1.82, 2.24) is 15.2 Å². The maximum absolute atomic E-state index is 11.7. The van der Waals surface area contributed by atoms with Crippen LogP contribution >= 0.6 is 24.0 Å². The van der Waals surface area contributed by atoms with Crippen molar-refractivity contribution in [3.63, 3.8) is 0 Å². The Hall–Kier alpha value is -1.29. The molecule has 0 aliphatic rings. The predicted octanol–water partition coefficient (Wildman–Crippen LogP) is 2.64. The first kappa shape index (κ1) is 22.8. The minimum absolute atomic E-state index is 0. The van der Waals surface area contributed by atoms with Gasteiger partial charge in [0.15, 0.2) is 15.8 Å². The number of hydrogen-bond donors (Lipinski definition) is 2. The zero-order valence-electron chi connectivity index (χ0n) is 15.8. The molecule has 0 spiro atoms. The zero-order valence-corrected chi connectivity index (χ0v) is 19.0. The number of rotatable bonds is 7. The average Bonchev–Trinajstić information content (AvgIpc) is 2.96. The van der Waals surface area contributed by atoms with Gasteiger partial charge in [-0.05, 0) is 37.8 Å². The van der Waals surface area contributed by atoms with Gasteiger partial charge in [-0.25, -0.2) is 8.42 Å². The molecule has 0 saturated carbocycles. The molecule has 0 aliphatic carbocycles. The van der Waals surface area contributed by atoms with Crippen molar-refractivity contribution in [1.29, 1.82) is 0 Å². The van der Waals surface area contributed by atoms with Gasteiger partial charge in [-0.2, -0.15) is 0 Å². The lowest BCUT2D eigenvalue weighted by molar-refractivity contribution is 0.543. The third-order valence-electron chi connectivity index (χ3n) is 4.46. The molecule has 0 amide bonds. The molecule has 0 saturated heterocycles. The van der Waals surface area contributed by atoms with Crippen LogP contribution < -0.4 is 10.6 Å². The highest BCUT2D eigenvalue weighted by molar-refractivity contribution is 14.0. The van der Waals surface area contributed by atoms with Gasteiger partial charge in [-0.1, -0.05) is 18.2 Å². The number of aromatic nitrogens is 1. The largest absolute Gasteiger partial charge is 0.356 e. The quantitative estimate of drug-likeness (QED) is 0.270. The molecule has 0 aliphatic heterocycles. The highest BCUT2D eigenvalue weighted by Gasteiger charge is 2.30. The average molecular weight is 492 g/mol. The second-order valence-electron chi connectivity index (χ2n) is 6.81. The molecule has 1 aromatic heterocycles. The van der Waals surface area contributed by atoms with E-state index in [1.165, 1.54) is 17.2 Å². The Morgan fingerprint density at radius 3 is 2.54 bits per heavy atom. The van der Waals surface area contributed by atoms with Crippen LogP contribution in [-0.2, 0) is 16.4 Å². The number of fused-ring (bicyclic) bond motifs is 1. The van der Waals surface area contributed by atoms with E-state index in [2.05, 4.69) is 44.6 Å². The van der Waals surface area contributed by atoms with Gasteiger partial charge in [0.2, 0.25) is 0 Å². The van der Waals surface area contributed by atoms with Crippen LogP contribution in [0, 0.1) is 0 Å². The summed E-state index contributed by atoms with van der Waals surface area (Å²) in [5.41, 5.74) is 1.24. The van der Waals surface area contributed by atoms with Crippen molar-refractivity contribution in [2.45, 2.75) is 31.6 Å². The fraction of sp³-hybridized carbons (Fsp3) is 0.500. The van der Waals surface area contributed by atoms with Gasteiger partial charge >= 0.3 is 0 Å². The maximum Gasteiger partial charge on any atom is 0.191 e. The first-order valence-electron chi connectivity index (χ1n) is 8.42. The summed E-state index contributed by atoms with van der Waals surface area (Å²) in [6, 6.07) is 10.4. The Morgan fingerprint density at radius 2 is 1.88 bits per heavy atom. The highest BCUT2D eigenvalue weighted by Crippen LogP contribution is 2.15. The van der Waals surface area contributed by atoms with Gasteiger partial charge < -0.3 is 15.2 Å². The monoisotopic (exact) mass is 492 g/mol. The smallest absolute Gasteiger partial charge is 0.191 e. The maximum atomic E-state index is 11.7. The van der Waals surface area contributed by atoms with Crippen molar-refractivity contribution in [2.75, 3.05) is 26.4 Å². The van der Waals surface area contributed by atoms with Crippen LogP contribution in [0.3, 0.4) is 0 Å². The van der Waals surface area contributed by atoms with Crippen molar-refractivity contribution in [3.05, 3.63) is 36.5 Å². The molecule has 146 valence electrons. The summed E-state index contributed by atoms with van der Waals surface area (Å²) in [6.07, 6.45) is 4.30. The molecule has 0 unspecified atom stereocenters. The summed E-state index contributed by atoms with van der Waals surface area (Å²) in [6.45, 7) is 5.39. The summed E-state index contributed by atoms with van der Waals surface area (Å²) in [5.74, 6) is 0.620. The van der Waals surface area contributed by atoms with E-state index in [1.807, 2.05) is 12.1 Å². The SMILES string of the molecule is CN=C(NCCCn1ccc2ccccc21)NCC(C)(C)S(C)(=O)=O.I. The molecule has 2 rings (SSSR count). The minimum atomic E-state index is -3.13. The number of nitrogens with zero attached hydrogens (tertiary/aromatic N) is 2. The van der Waals surface area contributed by atoms with E-state index < -0.39 is 14.6 Å². The molecule has 26 heavy (non-hydrogen) atoms. The molecule has 0 atom stereocenters. The fourth-order valence-corrected chi connectivity index (χ4v) is 2.77. The van der Waals surface area contributed by atoms with Gasteiger partial charge in [0, 0.05) is 44.7 Å². The molecule has 8 heteroatoms. The Labute approximate surface area is 173 Å². The normalized spacial score (nSPS) is 12.7. The van der Waals surface area contributed by atoms with Gasteiger partial charge in [0.25, 0.3) is 0 Å². The van der Waals surface area contributed by atoms with Crippen LogP contribution in [0.2, 0.25) is 0 Å². The third kappa shape index (κ3) is 5.87. The summed E-state index contributed by atoms with van der Waals surface area (Å²) in [5, 5.41) is 7.57.